The van der Waals surface area contributed by atoms with Crippen LogP contribution in [0.3, 0.4) is 0 Å². The lowest BCUT2D eigenvalue weighted by molar-refractivity contribution is -0.151. The van der Waals surface area contributed by atoms with E-state index in [1.54, 1.807) is 18.2 Å². The average Bonchev–Trinajstić information content (AvgIpc) is 2.53. The van der Waals surface area contributed by atoms with Gasteiger partial charge in [0.15, 0.2) is 11.5 Å². The number of methoxy groups -OCH3 is 1. The van der Waals surface area contributed by atoms with Crippen molar-refractivity contribution in [1.29, 1.82) is 0 Å². The highest BCUT2D eigenvalue weighted by Gasteiger charge is 2.17. The second-order valence-corrected chi connectivity index (χ2v) is 6.72. The summed E-state index contributed by atoms with van der Waals surface area (Å²) in [5.74, 6) is 0.441. The van der Waals surface area contributed by atoms with E-state index < -0.39 is 5.97 Å². The van der Waals surface area contributed by atoms with Gasteiger partial charge >= 0.3 is 11.9 Å². The van der Waals surface area contributed by atoms with Crippen molar-refractivity contribution in [2.24, 2.45) is 5.92 Å². The molecular formula is C18H25BrO5. The van der Waals surface area contributed by atoms with Gasteiger partial charge in [-0.25, -0.2) is 0 Å². The molecule has 0 aliphatic carbocycles. The molecule has 1 aromatic carbocycles. The molecular weight excluding hydrogens is 376 g/mol. The van der Waals surface area contributed by atoms with Gasteiger partial charge in [-0.05, 0) is 37.0 Å². The number of benzene rings is 1. The molecule has 0 spiro atoms. The summed E-state index contributed by atoms with van der Waals surface area (Å²) in [4.78, 5) is 23.7. The Labute approximate surface area is 151 Å². The fourth-order valence-electron chi connectivity index (χ4n) is 2.20. The Bertz CT molecular complexity index is 556. The molecule has 134 valence electrons. The molecule has 5 nitrogen and oxygen atoms in total. The van der Waals surface area contributed by atoms with Gasteiger partial charge in [-0.15, -0.1) is 0 Å². The zero-order valence-electron chi connectivity index (χ0n) is 14.6. The number of halogens is 1. The quantitative estimate of drug-likeness (QED) is 0.450. The Kier molecular flexibility index (Phi) is 8.82. The van der Waals surface area contributed by atoms with Crippen LogP contribution in [0, 0.1) is 5.92 Å². The standard InChI is InChI=1S/C18H25BrO5/c1-5-14(12(2)3)23-17(20)7-6-8-18(21)24-15-10-9-13(19)11-16(15)22-4/h9-12,14H,5-8H2,1-4H3. The molecule has 0 N–H and O–H groups in total. The van der Waals surface area contributed by atoms with Crippen LogP contribution in [0.15, 0.2) is 22.7 Å². The Hall–Kier alpha value is -1.56. The fourth-order valence-corrected chi connectivity index (χ4v) is 2.54. The smallest absolute Gasteiger partial charge is 0.311 e. The number of ether oxygens (including phenoxy) is 3. The summed E-state index contributed by atoms with van der Waals surface area (Å²) in [5.41, 5.74) is 0. The van der Waals surface area contributed by atoms with E-state index in [9.17, 15) is 9.59 Å². The highest BCUT2D eigenvalue weighted by molar-refractivity contribution is 9.10. The van der Waals surface area contributed by atoms with Crippen LogP contribution in [0.25, 0.3) is 0 Å². The number of carbonyl (C=O) groups excluding carboxylic acids is 2. The van der Waals surface area contributed by atoms with Gasteiger partial charge in [0.2, 0.25) is 0 Å². The summed E-state index contributed by atoms with van der Waals surface area (Å²) in [6.45, 7) is 6.02. The molecule has 1 rings (SSSR count). The zero-order chi connectivity index (χ0) is 18.1. The summed E-state index contributed by atoms with van der Waals surface area (Å²) in [6.07, 6.45) is 1.46. The van der Waals surface area contributed by atoms with Gasteiger partial charge in [-0.2, -0.15) is 0 Å². The first-order valence-electron chi connectivity index (χ1n) is 8.11. The molecule has 1 unspecified atom stereocenters. The summed E-state index contributed by atoms with van der Waals surface area (Å²) in [6, 6.07) is 5.14. The van der Waals surface area contributed by atoms with Crippen molar-refractivity contribution in [1.82, 2.24) is 0 Å². The van der Waals surface area contributed by atoms with Crippen molar-refractivity contribution in [3.05, 3.63) is 22.7 Å². The number of esters is 2. The van der Waals surface area contributed by atoms with Gasteiger partial charge in [-0.1, -0.05) is 36.7 Å². The van der Waals surface area contributed by atoms with E-state index in [4.69, 9.17) is 14.2 Å². The predicted molar refractivity (Wildman–Crippen MR) is 95.2 cm³/mol. The second kappa shape index (κ2) is 10.3. The predicted octanol–water partition coefficient (Wildman–Crippen LogP) is 4.51. The highest BCUT2D eigenvalue weighted by Crippen LogP contribution is 2.30. The molecule has 0 saturated carbocycles. The van der Waals surface area contributed by atoms with Gasteiger partial charge < -0.3 is 14.2 Å². The first-order chi connectivity index (χ1) is 11.4. The van der Waals surface area contributed by atoms with E-state index in [-0.39, 0.29) is 30.8 Å². The van der Waals surface area contributed by atoms with Gasteiger partial charge in [0, 0.05) is 17.3 Å². The van der Waals surface area contributed by atoms with Crippen molar-refractivity contribution in [3.8, 4) is 11.5 Å². The maximum atomic E-state index is 11.9. The highest BCUT2D eigenvalue weighted by atomic mass is 79.9. The SMILES string of the molecule is CCC(OC(=O)CCCC(=O)Oc1ccc(Br)cc1OC)C(C)C. The fraction of sp³-hybridized carbons (Fsp3) is 0.556. The van der Waals surface area contributed by atoms with Crippen molar-refractivity contribution in [2.45, 2.75) is 52.6 Å². The first-order valence-corrected chi connectivity index (χ1v) is 8.90. The third-order valence-corrected chi connectivity index (χ3v) is 4.03. The number of carbonyl (C=O) groups is 2. The number of hydrogen-bond acceptors (Lipinski definition) is 5. The summed E-state index contributed by atoms with van der Waals surface area (Å²) in [7, 11) is 1.51. The minimum Gasteiger partial charge on any atom is -0.493 e. The second-order valence-electron chi connectivity index (χ2n) is 5.80. The van der Waals surface area contributed by atoms with Gasteiger partial charge in [-0.3, -0.25) is 9.59 Å². The first kappa shape index (κ1) is 20.5. The van der Waals surface area contributed by atoms with E-state index in [0.717, 1.165) is 10.9 Å². The van der Waals surface area contributed by atoms with Crippen molar-refractivity contribution in [2.75, 3.05) is 7.11 Å². The van der Waals surface area contributed by atoms with E-state index >= 15 is 0 Å². The molecule has 0 aromatic heterocycles. The molecule has 0 saturated heterocycles. The Morgan fingerprint density at radius 2 is 1.79 bits per heavy atom. The average molecular weight is 401 g/mol. The molecule has 0 radical (unpaired) electrons. The molecule has 0 fully saturated rings. The topological polar surface area (TPSA) is 61.8 Å². The summed E-state index contributed by atoms with van der Waals surface area (Å²) in [5, 5.41) is 0. The molecule has 24 heavy (non-hydrogen) atoms. The molecule has 1 aromatic rings. The van der Waals surface area contributed by atoms with Crippen molar-refractivity contribution in [3.63, 3.8) is 0 Å². The normalized spacial score (nSPS) is 11.9. The molecule has 6 heteroatoms. The van der Waals surface area contributed by atoms with Crippen LogP contribution in [-0.2, 0) is 14.3 Å². The van der Waals surface area contributed by atoms with E-state index in [1.165, 1.54) is 7.11 Å². The molecule has 0 heterocycles. The largest absolute Gasteiger partial charge is 0.493 e. The van der Waals surface area contributed by atoms with E-state index in [2.05, 4.69) is 15.9 Å². The number of rotatable bonds is 9. The minimum absolute atomic E-state index is 0.0727. The van der Waals surface area contributed by atoms with Crippen molar-refractivity contribution >= 4 is 27.9 Å². The van der Waals surface area contributed by atoms with Crippen LogP contribution in [0.4, 0.5) is 0 Å². The molecule has 0 amide bonds. The summed E-state index contributed by atoms with van der Waals surface area (Å²) < 4.78 is 16.7. The molecule has 1 atom stereocenters. The van der Waals surface area contributed by atoms with Gasteiger partial charge in [0.05, 0.1) is 7.11 Å². The Balaban J connectivity index is 2.40. The molecule has 0 bridgehead atoms. The maximum Gasteiger partial charge on any atom is 0.311 e. The third-order valence-electron chi connectivity index (χ3n) is 3.54. The van der Waals surface area contributed by atoms with Crippen LogP contribution < -0.4 is 9.47 Å². The van der Waals surface area contributed by atoms with Gasteiger partial charge in [0.25, 0.3) is 0 Å². The lowest BCUT2D eigenvalue weighted by atomic mass is 10.1. The van der Waals surface area contributed by atoms with Crippen LogP contribution in [0.5, 0.6) is 11.5 Å². The number of hydrogen-bond donors (Lipinski definition) is 0. The van der Waals surface area contributed by atoms with Crippen LogP contribution in [0.1, 0.15) is 46.5 Å². The van der Waals surface area contributed by atoms with E-state index in [0.29, 0.717) is 17.9 Å². The van der Waals surface area contributed by atoms with Gasteiger partial charge in [0.1, 0.15) is 6.10 Å². The zero-order valence-corrected chi connectivity index (χ0v) is 16.2. The lowest BCUT2D eigenvalue weighted by Gasteiger charge is -2.19. The Morgan fingerprint density at radius 3 is 2.38 bits per heavy atom. The van der Waals surface area contributed by atoms with Crippen LogP contribution in [-0.4, -0.2) is 25.2 Å². The Morgan fingerprint density at radius 1 is 1.12 bits per heavy atom. The van der Waals surface area contributed by atoms with Crippen molar-refractivity contribution < 1.29 is 23.8 Å². The third kappa shape index (κ3) is 6.91. The molecule has 0 aliphatic rings. The van der Waals surface area contributed by atoms with E-state index in [1.807, 2.05) is 20.8 Å². The monoisotopic (exact) mass is 400 g/mol. The van der Waals surface area contributed by atoms with Crippen LogP contribution in [0.2, 0.25) is 0 Å². The minimum atomic E-state index is -0.403. The lowest BCUT2D eigenvalue weighted by Crippen LogP contribution is -2.22. The summed E-state index contributed by atoms with van der Waals surface area (Å²) >= 11 is 3.32. The molecule has 0 aliphatic heterocycles. The van der Waals surface area contributed by atoms with Crippen LogP contribution >= 0.6 is 15.9 Å². The maximum absolute atomic E-state index is 11.9.